The third-order valence-electron chi connectivity index (χ3n) is 3.46. The van der Waals surface area contributed by atoms with Crippen LogP contribution >= 0.6 is 24.0 Å². The molecular weight excluding hydrogens is 425 g/mol. The van der Waals surface area contributed by atoms with E-state index < -0.39 is 0 Å². The second kappa shape index (κ2) is 15.9. The van der Waals surface area contributed by atoms with E-state index in [1.54, 1.807) is 7.05 Å². The van der Waals surface area contributed by atoms with Crippen LogP contribution in [0.25, 0.3) is 0 Å². The summed E-state index contributed by atoms with van der Waals surface area (Å²) in [5.74, 6) is 0.591. The number of nitrogens with zero attached hydrogens (tertiary/aromatic N) is 1. The van der Waals surface area contributed by atoms with Crippen molar-refractivity contribution in [2.24, 2.45) is 4.99 Å². The maximum atomic E-state index is 11.2. The summed E-state index contributed by atoms with van der Waals surface area (Å²) in [6.07, 6.45) is 4.61. The van der Waals surface area contributed by atoms with E-state index in [-0.39, 0.29) is 36.0 Å². The second-order valence-corrected chi connectivity index (χ2v) is 5.40. The molecule has 1 unspecified atom stereocenters. The van der Waals surface area contributed by atoms with Crippen LogP contribution in [0.5, 0.6) is 0 Å². The van der Waals surface area contributed by atoms with Gasteiger partial charge in [0.05, 0.1) is 19.3 Å². The maximum Gasteiger partial charge on any atom is 0.305 e. The van der Waals surface area contributed by atoms with Crippen LogP contribution in [0, 0.1) is 0 Å². The molecule has 0 aromatic carbocycles. The summed E-state index contributed by atoms with van der Waals surface area (Å²) in [7, 11) is 1.73. The summed E-state index contributed by atoms with van der Waals surface area (Å²) < 4.78 is 16.0. The van der Waals surface area contributed by atoms with Crippen LogP contribution in [-0.2, 0) is 19.0 Å². The summed E-state index contributed by atoms with van der Waals surface area (Å²) in [5.41, 5.74) is 0. The maximum absolute atomic E-state index is 11.2. The van der Waals surface area contributed by atoms with Gasteiger partial charge in [0.15, 0.2) is 5.96 Å². The van der Waals surface area contributed by atoms with E-state index in [9.17, 15) is 4.79 Å². The number of hydrogen-bond donors (Lipinski definition) is 2. The Bertz CT molecular complexity index is 350. The molecule has 0 bridgehead atoms. The molecule has 7 nitrogen and oxygen atoms in total. The van der Waals surface area contributed by atoms with Crippen molar-refractivity contribution in [2.45, 2.75) is 45.1 Å². The van der Waals surface area contributed by atoms with Gasteiger partial charge in [-0.05, 0) is 32.6 Å². The van der Waals surface area contributed by atoms with E-state index in [0.717, 1.165) is 44.8 Å². The highest BCUT2D eigenvalue weighted by Gasteiger charge is 2.14. The van der Waals surface area contributed by atoms with Crippen LogP contribution in [0.15, 0.2) is 4.99 Å². The predicted molar refractivity (Wildman–Crippen MR) is 105 cm³/mol. The summed E-state index contributed by atoms with van der Waals surface area (Å²) in [5, 5.41) is 6.40. The first-order valence-electron chi connectivity index (χ1n) is 8.55. The Hall–Kier alpha value is -0.610. The molecule has 1 rings (SSSR count). The quantitative estimate of drug-likeness (QED) is 0.162. The normalized spacial score (nSPS) is 17.2. The number of carbonyl (C=O) groups is 1. The highest BCUT2D eigenvalue weighted by Crippen LogP contribution is 2.11. The van der Waals surface area contributed by atoms with E-state index in [1.165, 1.54) is 0 Å². The Balaban J connectivity index is 0.00000529. The molecule has 1 fully saturated rings. The van der Waals surface area contributed by atoms with Gasteiger partial charge in [-0.25, -0.2) is 0 Å². The first kappa shape index (κ1) is 23.4. The van der Waals surface area contributed by atoms with Crippen molar-refractivity contribution < 1.29 is 19.0 Å². The van der Waals surface area contributed by atoms with Crippen LogP contribution in [0.3, 0.4) is 0 Å². The first-order valence-corrected chi connectivity index (χ1v) is 8.55. The molecule has 0 aliphatic carbocycles. The fourth-order valence-corrected chi connectivity index (χ4v) is 2.26. The van der Waals surface area contributed by atoms with E-state index in [4.69, 9.17) is 14.2 Å². The molecule has 1 aliphatic rings. The highest BCUT2D eigenvalue weighted by molar-refractivity contribution is 14.0. The number of nitrogens with one attached hydrogen (secondary N) is 2. The fourth-order valence-electron chi connectivity index (χ4n) is 2.26. The van der Waals surface area contributed by atoms with Crippen LogP contribution in [-0.4, -0.2) is 64.6 Å². The van der Waals surface area contributed by atoms with Gasteiger partial charge in [-0.1, -0.05) is 0 Å². The molecule has 2 N–H and O–H groups in total. The fraction of sp³-hybridized carbons (Fsp3) is 0.875. The lowest BCUT2D eigenvalue weighted by Crippen LogP contribution is -2.38. The summed E-state index contributed by atoms with van der Waals surface area (Å²) in [6.45, 7) is 6.01. The summed E-state index contributed by atoms with van der Waals surface area (Å²) in [4.78, 5) is 15.3. The highest BCUT2D eigenvalue weighted by atomic mass is 127. The lowest BCUT2D eigenvalue weighted by molar-refractivity contribution is -0.143. The standard InChI is InChI=1S/C16H31N3O4.HI/c1-3-22-15(20)8-4-9-18-16(17-2)19-10-6-11-21-13-14-7-5-12-23-14;/h14H,3-13H2,1-2H3,(H2,17,18,19);1H. The van der Waals surface area contributed by atoms with Gasteiger partial charge >= 0.3 is 5.97 Å². The van der Waals surface area contributed by atoms with E-state index in [0.29, 0.717) is 32.8 Å². The SMILES string of the molecule is CCOC(=O)CCCNC(=NC)NCCCOCC1CCCO1.I. The number of ether oxygens (including phenoxy) is 3. The van der Waals surface area contributed by atoms with Crippen LogP contribution in [0.2, 0.25) is 0 Å². The third kappa shape index (κ3) is 11.9. The average molecular weight is 457 g/mol. The molecule has 0 saturated carbocycles. The summed E-state index contributed by atoms with van der Waals surface area (Å²) in [6, 6.07) is 0. The van der Waals surface area contributed by atoms with Gasteiger partial charge in [-0.3, -0.25) is 9.79 Å². The number of aliphatic imine (C=N–C) groups is 1. The molecule has 1 aliphatic heterocycles. The molecule has 1 atom stereocenters. The molecule has 24 heavy (non-hydrogen) atoms. The Morgan fingerprint density at radius 3 is 2.67 bits per heavy atom. The summed E-state index contributed by atoms with van der Waals surface area (Å²) >= 11 is 0. The van der Waals surface area contributed by atoms with Gasteiger partial charge in [0.1, 0.15) is 0 Å². The largest absolute Gasteiger partial charge is 0.466 e. The van der Waals surface area contributed by atoms with Crippen molar-refractivity contribution in [1.82, 2.24) is 10.6 Å². The molecular formula is C16H32IN3O4. The van der Waals surface area contributed by atoms with E-state index in [2.05, 4.69) is 15.6 Å². The van der Waals surface area contributed by atoms with Gasteiger partial charge in [-0.2, -0.15) is 0 Å². The molecule has 0 aromatic rings. The lowest BCUT2D eigenvalue weighted by atomic mass is 10.2. The number of esters is 1. The van der Waals surface area contributed by atoms with Gasteiger partial charge < -0.3 is 24.8 Å². The Morgan fingerprint density at radius 2 is 2.04 bits per heavy atom. The smallest absolute Gasteiger partial charge is 0.305 e. The van der Waals surface area contributed by atoms with Gasteiger partial charge in [0.25, 0.3) is 0 Å². The van der Waals surface area contributed by atoms with Crippen molar-refractivity contribution in [3.8, 4) is 0 Å². The zero-order chi connectivity index (χ0) is 16.8. The number of rotatable bonds is 11. The molecule has 1 heterocycles. The van der Waals surface area contributed by atoms with Crippen LogP contribution in [0.1, 0.15) is 39.0 Å². The molecule has 0 radical (unpaired) electrons. The number of guanidine groups is 1. The van der Waals surface area contributed by atoms with E-state index in [1.807, 2.05) is 6.92 Å². The Morgan fingerprint density at radius 1 is 1.29 bits per heavy atom. The third-order valence-corrected chi connectivity index (χ3v) is 3.46. The molecule has 1 saturated heterocycles. The van der Waals surface area contributed by atoms with Crippen molar-refractivity contribution in [2.75, 3.05) is 46.6 Å². The number of halogens is 1. The van der Waals surface area contributed by atoms with Crippen molar-refractivity contribution in [3.05, 3.63) is 0 Å². The minimum atomic E-state index is -0.152. The average Bonchev–Trinajstić information content (AvgIpc) is 3.06. The minimum Gasteiger partial charge on any atom is -0.466 e. The Kier molecular flexibility index (Phi) is 15.5. The number of hydrogen-bond acceptors (Lipinski definition) is 5. The van der Waals surface area contributed by atoms with Crippen LogP contribution < -0.4 is 10.6 Å². The Labute approximate surface area is 162 Å². The molecule has 142 valence electrons. The second-order valence-electron chi connectivity index (χ2n) is 5.40. The zero-order valence-corrected chi connectivity index (χ0v) is 17.2. The number of carbonyl (C=O) groups excluding carboxylic acids is 1. The predicted octanol–water partition coefficient (Wildman–Crippen LogP) is 1.70. The monoisotopic (exact) mass is 457 g/mol. The first-order chi connectivity index (χ1) is 11.3. The minimum absolute atomic E-state index is 0. The van der Waals surface area contributed by atoms with Crippen LogP contribution in [0.4, 0.5) is 0 Å². The molecule has 8 heteroatoms. The lowest BCUT2D eigenvalue weighted by Gasteiger charge is -2.13. The van der Waals surface area contributed by atoms with Gasteiger partial charge in [0.2, 0.25) is 0 Å². The van der Waals surface area contributed by atoms with Crippen molar-refractivity contribution in [3.63, 3.8) is 0 Å². The van der Waals surface area contributed by atoms with Crippen molar-refractivity contribution in [1.29, 1.82) is 0 Å². The van der Waals surface area contributed by atoms with Crippen molar-refractivity contribution >= 4 is 35.9 Å². The topological polar surface area (TPSA) is 81.2 Å². The van der Waals surface area contributed by atoms with Gasteiger partial charge in [0, 0.05) is 39.8 Å². The van der Waals surface area contributed by atoms with E-state index >= 15 is 0 Å². The molecule has 0 spiro atoms. The molecule has 0 aromatic heterocycles. The van der Waals surface area contributed by atoms with Gasteiger partial charge in [-0.15, -0.1) is 24.0 Å². The molecule has 0 amide bonds. The zero-order valence-electron chi connectivity index (χ0n) is 14.8.